The lowest BCUT2D eigenvalue weighted by Crippen LogP contribution is -2.60. The van der Waals surface area contributed by atoms with E-state index < -0.39 is 47.2 Å². The molecule has 2 aromatic rings. The van der Waals surface area contributed by atoms with Crippen LogP contribution in [0, 0.1) is 17.0 Å². The summed E-state index contributed by atoms with van der Waals surface area (Å²) >= 11 is 0. The van der Waals surface area contributed by atoms with Gasteiger partial charge in [0.1, 0.15) is 30.5 Å². The Morgan fingerprint density at radius 3 is 2.40 bits per heavy atom. The van der Waals surface area contributed by atoms with Gasteiger partial charge in [-0.3, -0.25) is 19.4 Å². The van der Waals surface area contributed by atoms with E-state index in [0.29, 0.717) is 32.7 Å². The van der Waals surface area contributed by atoms with Crippen LogP contribution in [0.25, 0.3) is 0 Å². The number of hydrogen-bond acceptors (Lipinski definition) is 7. The van der Waals surface area contributed by atoms with Gasteiger partial charge in [0, 0.05) is 51.5 Å². The van der Waals surface area contributed by atoms with Gasteiger partial charge in [-0.15, -0.1) is 0 Å². The molecule has 5 unspecified atom stereocenters. The Labute approximate surface area is 275 Å². The molecular weight excluding hydrogens is 610 g/mol. The molecule has 1 N–H and O–H groups in total. The minimum absolute atomic E-state index is 0.00175. The third kappa shape index (κ3) is 7.86. The number of nitrogens with zero attached hydrogens (tertiary/aromatic N) is 3. The number of nitrogens with one attached hydrogen (secondary N) is 1. The van der Waals surface area contributed by atoms with E-state index in [-0.39, 0.29) is 36.4 Å². The van der Waals surface area contributed by atoms with Gasteiger partial charge in [0.05, 0.1) is 6.04 Å². The lowest BCUT2D eigenvalue weighted by atomic mass is 9.85. The maximum Gasteiger partial charge on any atom is 0.410 e. The number of fused-ring (bicyclic) bond motifs is 1. The molecule has 0 aliphatic carbocycles. The van der Waals surface area contributed by atoms with E-state index in [9.17, 15) is 23.2 Å². The van der Waals surface area contributed by atoms with Crippen molar-refractivity contribution < 1.29 is 37.4 Å². The van der Waals surface area contributed by atoms with Gasteiger partial charge in [0.15, 0.2) is 11.6 Å². The van der Waals surface area contributed by atoms with Crippen LogP contribution in [-0.2, 0) is 25.7 Å². The summed E-state index contributed by atoms with van der Waals surface area (Å²) in [6.45, 7) is 9.57. The predicted octanol–water partition coefficient (Wildman–Crippen LogP) is 4.36. The van der Waals surface area contributed by atoms with Crippen molar-refractivity contribution in [3.05, 3.63) is 65.7 Å². The highest BCUT2D eigenvalue weighted by Crippen LogP contribution is 2.38. The standard InChI is InChI=1S/C35H46F2N4O6/c1-22(39(5)34(44)46-21-23-9-7-6-8-10-23)32(42)38-31(35(2,3)4)33(43)40-16-13-28-30(40)29(20-41(28)24-14-17-45-18-15-24)47-25-11-12-26(36)27(37)19-25/h6-12,19,22,24,28-31H,13-18,20-21H2,1-5H3,(H,38,42). The molecule has 2 aromatic carbocycles. The van der Waals surface area contributed by atoms with Crippen LogP contribution >= 0.6 is 0 Å². The van der Waals surface area contributed by atoms with Gasteiger partial charge in [-0.25, -0.2) is 13.6 Å². The van der Waals surface area contributed by atoms with Crippen LogP contribution in [-0.4, -0.2) is 102 Å². The summed E-state index contributed by atoms with van der Waals surface area (Å²) in [5.41, 5.74) is 0.148. The normalized spacial score (nSPS) is 23.1. The quantitative estimate of drug-likeness (QED) is 0.428. The Balaban J connectivity index is 1.31. The molecule has 3 aliphatic heterocycles. The minimum Gasteiger partial charge on any atom is -0.487 e. The molecule has 256 valence electrons. The molecule has 3 amide bonds. The molecule has 5 rings (SSSR count). The van der Waals surface area contributed by atoms with Crippen LogP contribution in [0.4, 0.5) is 13.6 Å². The molecule has 0 bridgehead atoms. The fourth-order valence-corrected chi connectivity index (χ4v) is 6.82. The zero-order valence-corrected chi connectivity index (χ0v) is 27.8. The number of carbonyl (C=O) groups is 3. The van der Waals surface area contributed by atoms with Crippen molar-refractivity contribution in [3.8, 4) is 5.75 Å². The van der Waals surface area contributed by atoms with Crippen LogP contribution in [0.5, 0.6) is 5.75 Å². The average molecular weight is 657 g/mol. The van der Waals surface area contributed by atoms with Gasteiger partial charge in [-0.1, -0.05) is 51.1 Å². The molecule has 12 heteroatoms. The summed E-state index contributed by atoms with van der Waals surface area (Å²) in [6, 6.07) is 10.8. The zero-order valence-electron chi connectivity index (χ0n) is 27.8. The van der Waals surface area contributed by atoms with Crippen LogP contribution in [0.2, 0.25) is 0 Å². The molecule has 0 spiro atoms. The summed E-state index contributed by atoms with van der Waals surface area (Å²) in [7, 11) is 1.49. The fourth-order valence-electron chi connectivity index (χ4n) is 6.82. The zero-order chi connectivity index (χ0) is 33.9. The summed E-state index contributed by atoms with van der Waals surface area (Å²) in [5, 5.41) is 2.93. The van der Waals surface area contributed by atoms with Crippen LogP contribution in [0.3, 0.4) is 0 Å². The second-order valence-corrected chi connectivity index (χ2v) is 13.8. The first-order valence-electron chi connectivity index (χ1n) is 16.3. The monoisotopic (exact) mass is 656 g/mol. The number of benzene rings is 2. The lowest BCUT2D eigenvalue weighted by molar-refractivity contribution is -0.142. The molecule has 3 saturated heterocycles. The van der Waals surface area contributed by atoms with E-state index in [1.165, 1.54) is 18.0 Å². The molecule has 0 radical (unpaired) electrons. The van der Waals surface area contributed by atoms with Crippen LogP contribution in [0.1, 0.15) is 52.5 Å². The van der Waals surface area contributed by atoms with E-state index in [1.807, 2.05) is 51.1 Å². The van der Waals surface area contributed by atoms with Crippen LogP contribution in [0.15, 0.2) is 48.5 Å². The minimum atomic E-state index is -1.00. The molecule has 5 atom stereocenters. The largest absolute Gasteiger partial charge is 0.487 e. The van der Waals surface area contributed by atoms with Crippen molar-refractivity contribution in [1.29, 1.82) is 0 Å². The van der Waals surface area contributed by atoms with E-state index >= 15 is 0 Å². The highest BCUT2D eigenvalue weighted by molar-refractivity contribution is 5.92. The summed E-state index contributed by atoms with van der Waals surface area (Å²) in [4.78, 5) is 46.1. The van der Waals surface area contributed by atoms with Crippen molar-refractivity contribution in [2.24, 2.45) is 5.41 Å². The molecule has 3 fully saturated rings. The lowest BCUT2D eigenvalue weighted by Gasteiger charge is -2.38. The van der Waals surface area contributed by atoms with Gasteiger partial charge in [0.2, 0.25) is 11.8 Å². The molecule has 0 aromatic heterocycles. The number of hydrogen-bond donors (Lipinski definition) is 1. The fraction of sp³-hybridized carbons (Fsp3) is 0.571. The number of carbonyl (C=O) groups excluding carboxylic acids is 3. The molecule has 47 heavy (non-hydrogen) atoms. The number of halogens is 2. The van der Waals surface area contributed by atoms with E-state index in [0.717, 1.165) is 30.5 Å². The smallest absolute Gasteiger partial charge is 0.410 e. The third-order valence-corrected chi connectivity index (χ3v) is 9.59. The van der Waals surface area contributed by atoms with Gasteiger partial charge < -0.3 is 24.4 Å². The number of rotatable bonds is 9. The Morgan fingerprint density at radius 2 is 1.74 bits per heavy atom. The van der Waals surface area contributed by atoms with E-state index in [4.69, 9.17) is 14.2 Å². The maximum atomic E-state index is 14.4. The summed E-state index contributed by atoms with van der Waals surface area (Å²) < 4.78 is 45.1. The highest BCUT2D eigenvalue weighted by atomic mass is 19.2. The van der Waals surface area contributed by atoms with Crippen LogP contribution < -0.4 is 10.1 Å². The van der Waals surface area contributed by atoms with E-state index in [1.54, 1.807) is 11.8 Å². The van der Waals surface area contributed by atoms with Gasteiger partial charge in [-0.05, 0) is 49.3 Å². The number of ether oxygens (including phenoxy) is 3. The van der Waals surface area contributed by atoms with Crippen molar-refractivity contribution in [2.75, 3.05) is 33.4 Å². The second-order valence-electron chi connectivity index (χ2n) is 13.8. The SMILES string of the molecule is CC(C(=O)NC(C(=O)N1CCC2C1C(Oc1ccc(F)c(F)c1)CN2C1CCOCC1)C(C)(C)C)N(C)C(=O)OCc1ccccc1. The number of likely N-dealkylation sites (N-methyl/N-ethyl adjacent to an activating group) is 1. The molecule has 0 saturated carbocycles. The average Bonchev–Trinajstić information content (AvgIpc) is 3.65. The molecular formula is C35H46F2N4O6. The van der Waals surface area contributed by atoms with Crippen molar-refractivity contribution in [3.63, 3.8) is 0 Å². The highest BCUT2D eigenvalue weighted by Gasteiger charge is 2.54. The number of likely N-dealkylation sites (tertiary alicyclic amines) is 2. The summed E-state index contributed by atoms with van der Waals surface area (Å²) in [5.74, 6) is -2.52. The Bertz CT molecular complexity index is 1420. The Kier molecular flexibility index (Phi) is 10.7. The van der Waals surface area contributed by atoms with E-state index in [2.05, 4.69) is 10.2 Å². The van der Waals surface area contributed by atoms with Gasteiger partial charge >= 0.3 is 6.09 Å². The van der Waals surface area contributed by atoms with Gasteiger partial charge in [0.25, 0.3) is 0 Å². The maximum absolute atomic E-state index is 14.4. The third-order valence-electron chi connectivity index (χ3n) is 9.59. The first-order valence-corrected chi connectivity index (χ1v) is 16.3. The topological polar surface area (TPSA) is 101 Å². The first-order chi connectivity index (χ1) is 22.3. The van der Waals surface area contributed by atoms with Crippen molar-refractivity contribution >= 4 is 17.9 Å². The summed E-state index contributed by atoms with van der Waals surface area (Å²) in [6.07, 6.45) is 1.26. The Morgan fingerprint density at radius 1 is 1.04 bits per heavy atom. The molecule has 3 aliphatic rings. The Hall–Kier alpha value is -3.77. The predicted molar refractivity (Wildman–Crippen MR) is 170 cm³/mol. The van der Waals surface area contributed by atoms with Crippen molar-refractivity contribution in [1.82, 2.24) is 20.0 Å². The molecule has 10 nitrogen and oxygen atoms in total. The first kappa shape index (κ1) is 34.6. The van der Waals surface area contributed by atoms with Gasteiger partial charge in [-0.2, -0.15) is 0 Å². The van der Waals surface area contributed by atoms with Crippen molar-refractivity contribution in [2.45, 2.75) is 89.9 Å². The number of amides is 3. The molecule has 3 heterocycles. The second kappa shape index (κ2) is 14.6.